The number of fused-ring (bicyclic) bond motifs is 1. The minimum absolute atomic E-state index is 0.125. The molecule has 268 valence electrons. The SMILES string of the molecule is COC(=O)C1=C(CN2CCN3C(=O)N(c4ccc(-c5ccc(C(C)(C)C(=O)O)cc5)cn4)C[C@@H]3C2)NC(c2nccs2)=N[C@H]1c1ccc(F)cc1Cl. The van der Waals surface area contributed by atoms with E-state index in [-0.39, 0.29) is 22.7 Å². The standard InChI is InChI=1S/C37H35ClFN7O5S/c1-37(2,35(48)49)23-7-4-21(5-8-23)22-6-11-29(41-17-22)46-19-25-18-44(13-14-45(25)36(46)50)20-28-30(34(47)51-3)31(26-10-9-24(39)16-27(26)38)43-32(42-28)33-40-12-15-52-33/h4-12,15-17,25,31H,13-14,18-20H2,1-3H3,(H,42,43)(H,48,49)/t25-,31-/m0/s1. The number of amides is 2. The van der Waals surface area contributed by atoms with Gasteiger partial charge in [-0.2, -0.15) is 0 Å². The van der Waals surface area contributed by atoms with Gasteiger partial charge < -0.3 is 20.1 Å². The van der Waals surface area contributed by atoms with Gasteiger partial charge in [-0.05, 0) is 49.2 Å². The summed E-state index contributed by atoms with van der Waals surface area (Å²) in [4.78, 5) is 58.2. The van der Waals surface area contributed by atoms with Crippen LogP contribution in [0.25, 0.3) is 11.1 Å². The van der Waals surface area contributed by atoms with Crippen molar-refractivity contribution in [2.45, 2.75) is 31.3 Å². The van der Waals surface area contributed by atoms with Crippen LogP contribution in [0.5, 0.6) is 0 Å². The van der Waals surface area contributed by atoms with Crippen LogP contribution in [0.2, 0.25) is 5.02 Å². The van der Waals surface area contributed by atoms with Crippen LogP contribution in [0.1, 0.15) is 36.0 Å². The fourth-order valence-corrected chi connectivity index (χ4v) is 7.58. The molecule has 15 heteroatoms. The second-order valence-electron chi connectivity index (χ2n) is 13.3. The van der Waals surface area contributed by atoms with Crippen LogP contribution in [0.3, 0.4) is 0 Å². The fourth-order valence-electron chi connectivity index (χ4n) is 6.72. The van der Waals surface area contributed by atoms with E-state index in [0.29, 0.717) is 66.2 Å². The molecule has 4 aromatic rings. The number of aliphatic imine (C=N–C) groups is 1. The summed E-state index contributed by atoms with van der Waals surface area (Å²) in [6, 6.07) is 13.9. The van der Waals surface area contributed by atoms with Gasteiger partial charge in [-0.15, -0.1) is 11.3 Å². The monoisotopic (exact) mass is 743 g/mol. The fraction of sp³-hybridized carbons (Fsp3) is 0.297. The Hall–Kier alpha value is -5.18. The van der Waals surface area contributed by atoms with Crippen molar-refractivity contribution in [2.75, 3.05) is 44.7 Å². The molecule has 0 unspecified atom stereocenters. The van der Waals surface area contributed by atoms with E-state index in [1.807, 2.05) is 46.7 Å². The van der Waals surface area contributed by atoms with E-state index in [0.717, 1.165) is 11.1 Å². The number of pyridine rings is 1. The Morgan fingerprint density at radius 2 is 1.85 bits per heavy atom. The molecule has 3 aliphatic rings. The van der Waals surface area contributed by atoms with Crippen molar-refractivity contribution in [3.63, 3.8) is 0 Å². The van der Waals surface area contributed by atoms with Crippen molar-refractivity contribution in [3.8, 4) is 11.1 Å². The molecule has 52 heavy (non-hydrogen) atoms. The molecule has 2 amide bonds. The maximum atomic E-state index is 14.0. The van der Waals surface area contributed by atoms with Crippen molar-refractivity contribution in [1.82, 2.24) is 25.1 Å². The summed E-state index contributed by atoms with van der Waals surface area (Å²) >= 11 is 7.89. The summed E-state index contributed by atoms with van der Waals surface area (Å²) in [6.45, 7) is 5.63. The van der Waals surface area contributed by atoms with Gasteiger partial charge in [0.15, 0.2) is 10.8 Å². The van der Waals surface area contributed by atoms with Crippen LogP contribution < -0.4 is 10.2 Å². The number of carbonyl (C=O) groups is 3. The Morgan fingerprint density at radius 1 is 1.08 bits per heavy atom. The molecule has 2 N–H and O–H groups in total. The Balaban J connectivity index is 1.09. The number of aromatic nitrogens is 2. The number of hydrogen-bond acceptors (Lipinski definition) is 10. The zero-order valence-electron chi connectivity index (χ0n) is 28.5. The number of methoxy groups -OCH3 is 1. The smallest absolute Gasteiger partial charge is 0.338 e. The highest BCUT2D eigenvalue weighted by molar-refractivity contribution is 7.11. The Labute approximate surface area is 308 Å². The van der Waals surface area contributed by atoms with Crippen LogP contribution in [0.4, 0.5) is 15.0 Å². The number of nitrogens with one attached hydrogen (secondary N) is 1. The number of nitrogens with zero attached hydrogens (tertiary/aromatic N) is 6. The van der Waals surface area contributed by atoms with E-state index >= 15 is 0 Å². The first-order valence-electron chi connectivity index (χ1n) is 16.6. The van der Waals surface area contributed by atoms with Gasteiger partial charge in [-0.1, -0.05) is 41.9 Å². The van der Waals surface area contributed by atoms with E-state index in [1.165, 1.54) is 36.6 Å². The Morgan fingerprint density at radius 3 is 2.50 bits per heavy atom. The van der Waals surface area contributed by atoms with Crippen LogP contribution in [0, 0.1) is 5.82 Å². The maximum absolute atomic E-state index is 14.0. The third-order valence-electron chi connectivity index (χ3n) is 9.74. The molecule has 0 radical (unpaired) electrons. The summed E-state index contributed by atoms with van der Waals surface area (Å²) in [7, 11) is 1.30. The number of anilines is 1. The van der Waals surface area contributed by atoms with E-state index in [2.05, 4.69) is 20.2 Å². The molecule has 2 aromatic heterocycles. The van der Waals surface area contributed by atoms with Gasteiger partial charge >= 0.3 is 18.0 Å². The molecular weight excluding hydrogens is 709 g/mol. The first kappa shape index (κ1) is 35.2. The molecule has 0 spiro atoms. The number of thiazole rings is 1. The lowest BCUT2D eigenvalue weighted by Gasteiger charge is -2.38. The maximum Gasteiger partial charge on any atom is 0.338 e. The molecule has 0 aliphatic carbocycles. The molecule has 2 saturated heterocycles. The van der Waals surface area contributed by atoms with E-state index in [9.17, 15) is 23.9 Å². The van der Waals surface area contributed by atoms with Crippen LogP contribution in [-0.4, -0.2) is 94.6 Å². The zero-order valence-corrected chi connectivity index (χ0v) is 30.1. The largest absolute Gasteiger partial charge is 0.481 e. The molecule has 5 heterocycles. The first-order chi connectivity index (χ1) is 24.9. The highest BCUT2D eigenvalue weighted by Crippen LogP contribution is 2.37. The number of aliphatic carboxylic acids is 1. The number of hydrogen-bond donors (Lipinski definition) is 2. The number of benzene rings is 2. The predicted octanol–water partition coefficient (Wildman–Crippen LogP) is 5.50. The van der Waals surface area contributed by atoms with Gasteiger partial charge in [-0.3, -0.25) is 19.6 Å². The minimum atomic E-state index is -1.01. The normalized spacial score (nSPS) is 19.3. The van der Waals surface area contributed by atoms with E-state index < -0.39 is 29.2 Å². The Bertz CT molecular complexity index is 2090. The number of urea groups is 1. The lowest BCUT2D eigenvalue weighted by Crippen LogP contribution is -2.53. The topological polar surface area (TPSA) is 141 Å². The summed E-state index contributed by atoms with van der Waals surface area (Å²) in [5, 5.41) is 15.5. The number of rotatable bonds is 9. The average Bonchev–Trinajstić information content (AvgIpc) is 3.80. The summed E-state index contributed by atoms with van der Waals surface area (Å²) < 4.78 is 19.3. The Kier molecular flexibility index (Phi) is 9.55. The summed E-state index contributed by atoms with van der Waals surface area (Å²) in [6.07, 6.45) is 3.38. The number of esters is 1. The van der Waals surface area contributed by atoms with Crippen LogP contribution in [-0.2, 0) is 19.7 Å². The van der Waals surface area contributed by atoms with E-state index in [1.54, 1.807) is 31.1 Å². The third kappa shape index (κ3) is 6.64. The molecule has 0 saturated carbocycles. The summed E-state index contributed by atoms with van der Waals surface area (Å²) in [5.74, 6) is -1.01. The molecule has 0 bridgehead atoms. The number of halogens is 2. The molecule has 2 fully saturated rings. The van der Waals surface area contributed by atoms with Gasteiger partial charge in [0.1, 0.15) is 17.7 Å². The molecular formula is C37H35ClFN7O5S. The second kappa shape index (κ2) is 14.1. The van der Waals surface area contributed by atoms with Gasteiger partial charge in [0, 0.05) is 65.8 Å². The van der Waals surface area contributed by atoms with Gasteiger partial charge in [0.2, 0.25) is 0 Å². The average molecular weight is 744 g/mol. The van der Waals surface area contributed by atoms with E-state index in [4.69, 9.17) is 21.3 Å². The molecule has 2 atom stereocenters. The highest BCUT2D eigenvalue weighted by Gasteiger charge is 2.43. The number of ether oxygens (including phenoxy) is 1. The van der Waals surface area contributed by atoms with Gasteiger partial charge in [0.05, 0.1) is 30.7 Å². The lowest BCUT2D eigenvalue weighted by atomic mass is 9.84. The number of carbonyl (C=O) groups excluding carboxylic acids is 2. The number of carboxylic acid groups (broad SMARTS) is 1. The number of piperazine rings is 1. The quantitative estimate of drug-likeness (QED) is 0.213. The number of amidine groups is 1. The van der Waals surface area contributed by atoms with Crippen molar-refractivity contribution in [1.29, 1.82) is 0 Å². The third-order valence-corrected chi connectivity index (χ3v) is 10.8. The zero-order chi connectivity index (χ0) is 36.7. The first-order valence-corrected chi connectivity index (χ1v) is 17.8. The van der Waals surface area contributed by atoms with Gasteiger partial charge in [-0.25, -0.2) is 23.9 Å². The van der Waals surface area contributed by atoms with Crippen molar-refractivity contribution >= 4 is 52.6 Å². The molecule has 7 rings (SSSR count). The molecule has 2 aromatic carbocycles. The van der Waals surface area contributed by atoms with Crippen molar-refractivity contribution in [3.05, 3.63) is 111 Å². The van der Waals surface area contributed by atoms with Crippen LogP contribution >= 0.6 is 22.9 Å². The predicted molar refractivity (Wildman–Crippen MR) is 195 cm³/mol. The van der Waals surface area contributed by atoms with Crippen molar-refractivity contribution in [2.24, 2.45) is 4.99 Å². The van der Waals surface area contributed by atoms with Gasteiger partial charge in [0.25, 0.3) is 0 Å². The summed E-state index contributed by atoms with van der Waals surface area (Å²) in [5.41, 5.74) is 2.69. The lowest BCUT2D eigenvalue weighted by molar-refractivity contribution is -0.142. The molecule has 12 nitrogen and oxygen atoms in total. The van der Waals surface area contributed by atoms with Crippen LogP contribution in [0.15, 0.2) is 88.6 Å². The highest BCUT2D eigenvalue weighted by atomic mass is 35.5. The van der Waals surface area contributed by atoms with Crippen molar-refractivity contribution < 1.29 is 28.6 Å². The number of carboxylic acids is 1. The molecule has 3 aliphatic heterocycles. The minimum Gasteiger partial charge on any atom is -0.481 e. The second-order valence-corrected chi connectivity index (χ2v) is 14.6.